The molecule has 1 nitrogen and oxygen atoms in total. The third-order valence-corrected chi connectivity index (χ3v) is 3.44. The van der Waals surface area contributed by atoms with E-state index in [-0.39, 0.29) is 0 Å². The summed E-state index contributed by atoms with van der Waals surface area (Å²) in [7, 11) is 2.08. The number of hydrogen-bond donors (Lipinski definition) is 0. The smallest absolute Gasteiger partial charge is 0.200 e. The summed E-state index contributed by atoms with van der Waals surface area (Å²) in [5.74, 6) is 0. The predicted octanol–water partition coefficient (Wildman–Crippen LogP) is 4.20. The van der Waals surface area contributed by atoms with Crippen LogP contribution in [0.5, 0.6) is 0 Å². The topological polar surface area (TPSA) is 3.88 Å². The quantitative estimate of drug-likeness (QED) is 0.568. The van der Waals surface area contributed by atoms with Crippen molar-refractivity contribution in [3.05, 3.63) is 72.6 Å². The molecule has 1 aromatic heterocycles. The molecular weight excluding hydrogens is 230 g/mol. The van der Waals surface area contributed by atoms with E-state index in [0.717, 1.165) is 0 Å². The summed E-state index contributed by atoms with van der Waals surface area (Å²) >= 11 is 0. The number of hydrogen-bond acceptors (Lipinski definition) is 0. The number of nitrogens with zero attached hydrogens (tertiary/aromatic N) is 1. The Morgan fingerprint density at radius 2 is 1.95 bits per heavy atom. The average molecular weight is 250 g/mol. The van der Waals surface area contributed by atoms with Crippen molar-refractivity contribution in [2.24, 2.45) is 7.05 Å². The number of aromatic nitrogens is 1. The summed E-state index contributed by atoms with van der Waals surface area (Å²) in [5.41, 5.74) is 3.71. The van der Waals surface area contributed by atoms with E-state index in [9.17, 15) is 0 Å². The van der Waals surface area contributed by atoms with Crippen molar-refractivity contribution in [1.29, 1.82) is 0 Å². The van der Waals surface area contributed by atoms with Crippen LogP contribution in [0.4, 0.5) is 0 Å². The third kappa shape index (κ3) is 2.50. The van der Waals surface area contributed by atoms with Gasteiger partial charge in [0, 0.05) is 11.6 Å². The summed E-state index contributed by atoms with van der Waals surface area (Å²) in [6.45, 7) is 8.04. The first kappa shape index (κ1) is 13.3. The molecule has 0 aliphatic carbocycles. The molecule has 1 aromatic carbocycles. The van der Waals surface area contributed by atoms with Gasteiger partial charge in [-0.2, -0.15) is 0 Å². The highest BCUT2D eigenvalue weighted by atomic mass is 14.9. The molecule has 1 heterocycles. The van der Waals surface area contributed by atoms with Crippen molar-refractivity contribution in [3.63, 3.8) is 0 Å². The second kappa shape index (κ2) is 5.66. The Morgan fingerprint density at radius 3 is 2.63 bits per heavy atom. The zero-order chi connectivity index (χ0) is 13.8. The Labute approximate surface area is 115 Å². The number of rotatable bonds is 3. The van der Waals surface area contributed by atoms with Crippen LogP contribution in [-0.2, 0) is 7.05 Å². The lowest BCUT2D eigenvalue weighted by Crippen LogP contribution is -2.33. The Kier molecular flexibility index (Phi) is 3.96. The molecule has 0 N–H and O–H groups in total. The van der Waals surface area contributed by atoms with E-state index < -0.39 is 0 Å². The maximum absolute atomic E-state index is 3.84. The second-order valence-electron chi connectivity index (χ2n) is 4.65. The van der Waals surface area contributed by atoms with Crippen molar-refractivity contribution in [3.8, 4) is 0 Å². The van der Waals surface area contributed by atoms with Gasteiger partial charge in [-0.3, -0.25) is 0 Å². The minimum atomic E-state index is 1.22. The molecule has 0 radical (unpaired) electrons. The Bertz CT molecular complexity index is 675. The number of benzene rings is 1. The highest BCUT2D eigenvalue weighted by molar-refractivity contribution is 5.94. The second-order valence-corrected chi connectivity index (χ2v) is 4.65. The highest BCUT2D eigenvalue weighted by Gasteiger charge is 2.17. The maximum Gasteiger partial charge on any atom is 0.220 e. The first-order valence-electron chi connectivity index (χ1n) is 6.52. The molecule has 0 atom stereocenters. The fraction of sp³-hybridized carbons (Fsp3) is 0.167. The van der Waals surface area contributed by atoms with E-state index in [1.807, 2.05) is 6.08 Å². The Hall–Kier alpha value is -2.15. The van der Waals surface area contributed by atoms with Gasteiger partial charge in [-0.25, -0.2) is 4.57 Å². The van der Waals surface area contributed by atoms with Gasteiger partial charge in [0.2, 0.25) is 5.69 Å². The Balaban J connectivity index is 2.83. The average Bonchev–Trinajstić information content (AvgIpc) is 2.44. The number of fused-ring (bicyclic) bond motifs is 1. The van der Waals surface area contributed by atoms with E-state index in [1.54, 1.807) is 0 Å². The van der Waals surface area contributed by atoms with Crippen LogP contribution in [0, 0.1) is 0 Å². The van der Waals surface area contributed by atoms with Gasteiger partial charge in [0.25, 0.3) is 0 Å². The lowest BCUT2D eigenvalue weighted by molar-refractivity contribution is -0.672. The van der Waals surface area contributed by atoms with E-state index in [1.165, 1.54) is 27.6 Å². The molecule has 1 heteroatoms. The van der Waals surface area contributed by atoms with Gasteiger partial charge in [0.05, 0.1) is 5.39 Å². The molecular formula is C18H20N+. The summed E-state index contributed by atoms with van der Waals surface area (Å²) in [5, 5.41) is 2.52. The van der Waals surface area contributed by atoms with Gasteiger partial charge in [0.1, 0.15) is 7.05 Å². The van der Waals surface area contributed by atoms with Crippen molar-refractivity contribution in [1.82, 2.24) is 0 Å². The van der Waals surface area contributed by atoms with Crippen LogP contribution in [-0.4, -0.2) is 0 Å². The fourth-order valence-electron chi connectivity index (χ4n) is 2.32. The van der Waals surface area contributed by atoms with Crippen molar-refractivity contribution >= 4 is 16.3 Å². The molecule has 0 fully saturated rings. The zero-order valence-corrected chi connectivity index (χ0v) is 11.9. The van der Waals surface area contributed by atoms with Gasteiger partial charge in [-0.05, 0) is 36.9 Å². The standard InChI is InChI=1S/C18H20N/c1-5-9-16(14(3)6-2)18-17-11-8-7-10-15(17)12-13-19(18)4/h5-13H,1H2,2-4H3/q+1/b14-6-,16-9+. The van der Waals surface area contributed by atoms with Crippen LogP contribution in [0.3, 0.4) is 0 Å². The van der Waals surface area contributed by atoms with Gasteiger partial charge in [-0.1, -0.05) is 36.9 Å². The molecule has 0 amide bonds. The third-order valence-electron chi connectivity index (χ3n) is 3.44. The van der Waals surface area contributed by atoms with Crippen LogP contribution in [0.25, 0.3) is 16.3 Å². The van der Waals surface area contributed by atoms with Gasteiger partial charge in [-0.15, -0.1) is 0 Å². The molecule has 0 saturated carbocycles. The molecule has 0 aliphatic rings. The van der Waals surface area contributed by atoms with Crippen molar-refractivity contribution in [2.45, 2.75) is 13.8 Å². The molecule has 2 rings (SSSR count). The first-order valence-corrected chi connectivity index (χ1v) is 6.52. The molecule has 0 spiro atoms. The van der Waals surface area contributed by atoms with Crippen LogP contribution in [0.15, 0.2) is 66.9 Å². The maximum atomic E-state index is 3.84. The zero-order valence-electron chi connectivity index (χ0n) is 11.9. The largest absolute Gasteiger partial charge is 0.220 e. The molecule has 96 valence electrons. The summed E-state index contributed by atoms with van der Waals surface area (Å²) in [4.78, 5) is 0. The molecule has 0 aliphatic heterocycles. The number of allylic oxidation sites excluding steroid dienone is 5. The van der Waals surface area contributed by atoms with Crippen LogP contribution in [0.2, 0.25) is 0 Å². The summed E-state index contributed by atoms with van der Waals surface area (Å²) < 4.78 is 2.17. The SMILES string of the molecule is C=C/C=C(\C(C)=C/C)c1c2ccccc2cc[n+]1C. The van der Waals surface area contributed by atoms with Crippen molar-refractivity contribution < 1.29 is 4.57 Å². The first-order chi connectivity index (χ1) is 9.19. The summed E-state index contributed by atoms with van der Waals surface area (Å²) in [6, 6.07) is 10.6. The normalized spacial score (nSPS) is 12.8. The highest BCUT2D eigenvalue weighted by Crippen LogP contribution is 2.26. The van der Waals surface area contributed by atoms with Gasteiger partial charge in [0.15, 0.2) is 6.20 Å². The van der Waals surface area contributed by atoms with Gasteiger partial charge >= 0.3 is 0 Å². The number of aryl methyl sites for hydroxylation is 1. The molecule has 0 unspecified atom stereocenters. The minimum Gasteiger partial charge on any atom is -0.200 e. The van der Waals surface area contributed by atoms with E-state index in [4.69, 9.17) is 0 Å². The lowest BCUT2D eigenvalue weighted by Gasteiger charge is -2.09. The van der Waals surface area contributed by atoms with Crippen LogP contribution < -0.4 is 4.57 Å². The van der Waals surface area contributed by atoms with Crippen LogP contribution >= 0.6 is 0 Å². The molecule has 2 aromatic rings. The molecule has 0 bridgehead atoms. The van der Waals surface area contributed by atoms with Crippen molar-refractivity contribution in [2.75, 3.05) is 0 Å². The predicted molar refractivity (Wildman–Crippen MR) is 82.7 cm³/mol. The van der Waals surface area contributed by atoms with E-state index in [0.29, 0.717) is 0 Å². The van der Waals surface area contributed by atoms with E-state index >= 15 is 0 Å². The van der Waals surface area contributed by atoms with Crippen LogP contribution in [0.1, 0.15) is 19.5 Å². The lowest BCUT2D eigenvalue weighted by atomic mass is 9.98. The molecule has 0 saturated heterocycles. The molecule has 19 heavy (non-hydrogen) atoms. The van der Waals surface area contributed by atoms with Gasteiger partial charge < -0.3 is 0 Å². The monoisotopic (exact) mass is 250 g/mol. The number of pyridine rings is 1. The minimum absolute atomic E-state index is 1.22. The fourth-order valence-corrected chi connectivity index (χ4v) is 2.32. The Morgan fingerprint density at radius 1 is 1.21 bits per heavy atom. The van der Waals surface area contributed by atoms with E-state index in [2.05, 4.69) is 80.7 Å². The summed E-state index contributed by atoms with van der Waals surface area (Å²) in [6.07, 6.45) is 8.18.